The van der Waals surface area contributed by atoms with Crippen molar-refractivity contribution in [2.45, 2.75) is 20.8 Å². The maximum atomic E-state index is 12.2. The fraction of sp³-hybridized carbons (Fsp3) is 0.150. The molecule has 0 saturated carbocycles. The van der Waals surface area contributed by atoms with E-state index in [0.717, 1.165) is 10.0 Å². The first-order chi connectivity index (χ1) is 12.3. The monoisotopic (exact) mass is 414 g/mol. The lowest BCUT2D eigenvalue weighted by Gasteiger charge is -2.08. The van der Waals surface area contributed by atoms with Crippen molar-refractivity contribution in [3.05, 3.63) is 69.7 Å². The number of anilines is 2. The molecule has 0 radical (unpaired) electrons. The van der Waals surface area contributed by atoms with E-state index >= 15 is 0 Å². The molecule has 5 nitrogen and oxygen atoms in total. The lowest BCUT2D eigenvalue weighted by Crippen LogP contribution is -2.16. The molecule has 0 saturated heterocycles. The van der Waals surface area contributed by atoms with E-state index in [1.54, 1.807) is 37.3 Å². The van der Waals surface area contributed by atoms with Gasteiger partial charge in [0.15, 0.2) is 5.78 Å². The smallest absolute Gasteiger partial charge is 0.251 e. The predicted octanol–water partition coefficient (Wildman–Crippen LogP) is 4.48. The Balaban J connectivity index is 2.01. The average Bonchev–Trinajstić information content (AvgIpc) is 2.57. The second kappa shape index (κ2) is 8.58. The highest BCUT2D eigenvalue weighted by atomic mass is 79.9. The standard InChI is InChI=1S/C20H19BrN2O3/c1-12-4-9-18(17(21)10-12)23-19(25)11-13(2)20(26)22-16-7-5-15(6-8-16)14(3)24/h4-11H,1-3H3,(H,22,26)(H,23,25)/b13-11-. The molecule has 26 heavy (non-hydrogen) atoms. The number of benzene rings is 2. The van der Waals surface area contributed by atoms with Crippen molar-refractivity contribution in [2.24, 2.45) is 0 Å². The summed E-state index contributed by atoms with van der Waals surface area (Å²) in [4.78, 5) is 35.6. The SMILES string of the molecule is CC(=O)c1ccc(NC(=O)/C(C)=C\C(=O)Nc2ccc(C)cc2Br)cc1. The molecule has 2 amide bonds. The van der Waals surface area contributed by atoms with Gasteiger partial charge in [-0.1, -0.05) is 6.07 Å². The maximum absolute atomic E-state index is 12.2. The van der Waals surface area contributed by atoms with Crippen molar-refractivity contribution < 1.29 is 14.4 Å². The molecule has 134 valence electrons. The number of rotatable bonds is 5. The highest BCUT2D eigenvalue weighted by Crippen LogP contribution is 2.23. The number of carbonyl (C=O) groups excluding carboxylic acids is 3. The van der Waals surface area contributed by atoms with Crippen LogP contribution in [0, 0.1) is 6.92 Å². The van der Waals surface area contributed by atoms with Gasteiger partial charge in [-0.3, -0.25) is 14.4 Å². The van der Waals surface area contributed by atoms with Crippen LogP contribution in [0.1, 0.15) is 29.8 Å². The number of Topliss-reactive ketones (excluding diaryl/α,β-unsaturated/α-hetero) is 1. The molecule has 2 aromatic rings. The molecule has 0 bridgehead atoms. The molecule has 0 aliphatic rings. The number of carbonyl (C=O) groups is 3. The largest absolute Gasteiger partial charge is 0.322 e. The van der Waals surface area contributed by atoms with Crippen molar-refractivity contribution in [1.82, 2.24) is 0 Å². The molecule has 0 spiro atoms. The summed E-state index contributed by atoms with van der Waals surface area (Å²) in [5.74, 6) is -0.828. The Bertz CT molecular complexity index is 886. The zero-order chi connectivity index (χ0) is 19.3. The summed E-state index contributed by atoms with van der Waals surface area (Å²) in [6.07, 6.45) is 1.24. The second-order valence-electron chi connectivity index (χ2n) is 5.89. The summed E-state index contributed by atoms with van der Waals surface area (Å²) in [6, 6.07) is 12.1. The quantitative estimate of drug-likeness (QED) is 0.559. The lowest BCUT2D eigenvalue weighted by molar-refractivity contribution is -0.114. The van der Waals surface area contributed by atoms with Gasteiger partial charge in [0, 0.05) is 27.4 Å². The fourth-order valence-corrected chi connectivity index (χ4v) is 2.76. The summed E-state index contributed by atoms with van der Waals surface area (Å²) in [6.45, 7) is 4.99. The van der Waals surface area contributed by atoms with E-state index in [2.05, 4.69) is 26.6 Å². The second-order valence-corrected chi connectivity index (χ2v) is 6.74. The van der Waals surface area contributed by atoms with Gasteiger partial charge in [-0.25, -0.2) is 0 Å². The number of amides is 2. The third-order valence-corrected chi connectivity index (χ3v) is 4.29. The molecule has 0 aliphatic heterocycles. The van der Waals surface area contributed by atoms with Gasteiger partial charge in [-0.05, 0) is 78.7 Å². The van der Waals surface area contributed by atoms with Gasteiger partial charge in [-0.2, -0.15) is 0 Å². The van der Waals surface area contributed by atoms with Crippen molar-refractivity contribution >= 4 is 44.9 Å². The fourth-order valence-electron chi connectivity index (χ4n) is 2.17. The first kappa shape index (κ1) is 19.6. The first-order valence-electron chi connectivity index (χ1n) is 7.94. The van der Waals surface area contributed by atoms with Crippen molar-refractivity contribution in [1.29, 1.82) is 0 Å². The molecule has 0 heterocycles. The van der Waals surface area contributed by atoms with Crippen LogP contribution in [0.5, 0.6) is 0 Å². The molecule has 6 heteroatoms. The minimum absolute atomic E-state index is 0.0436. The summed E-state index contributed by atoms with van der Waals surface area (Å²) < 4.78 is 0.770. The van der Waals surface area contributed by atoms with E-state index in [1.165, 1.54) is 13.0 Å². The van der Waals surface area contributed by atoms with E-state index in [9.17, 15) is 14.4 Å². The molecule has 0 unspecified atom stereocenters. The van der Waals surface area contributed by atoms with E-state index in [-0.39, 0.29) is 11.4 Å². The van der Waals surface area contributed by atoms with Crippen LogP contribution in [0.25, 0.3) is 0 Å². The number of hydrogen-bond donors (Lipinski definition) is 2. The van der Waals surface area contributed by atoms with Crippen LogP contribution in [-0.4, -0.2) is 17.6 Å². The Morgan fingerprint density at radius 1 is 0.962 bits per heavy atom. The third kappa shape index (κ3) is 5.39. The molecular formula is C20H19BrN2O3. The maximum Gasteiger partial charge on any atom is 0.251 e. The minimum atomic E-state index is -0.394. The Labute approximate surface area is 160 Å². The number of ketones is 1. The Morgan fingerprint density at radius 2 is 1.62 bits per heavy atom. The summed E-state index contributed by atoms with van der Waals surface area (Å²) in [7, 11) is 0. The van der Waals surface area contributed by atoms with E-state index in [0.29, 0.717) is 16.9 Å². The van der Waals surface area contributed by atoms with E-state index in [4.69, 9.17) is 0 Å². The van der Waals surface area contributed by atoms with Gasteiger partial charge in [-0.15, -0.1) is 0 Å². The van der Waals surface area contributed by atoms with Crippen molar-refractivity contribution in [3.8, 4) is 0 Å². The molecule has 2 N–H and O–H groups in total. The topological polar surface area (TPSA) is 75.3 Å². The molecule has 2 rings (SSSR count). The van der Waals surface area contributed by atoms with Gasteiger partial charge in [0.1, 0.15) is 0 Å². The number of nitrogens with one attached hydrogen (secondary N) is 2. The zero-order valence-corrected chi connectivity index (χ0v) is 16.3. The molecular weight excluding hydrogens is 396 g/mol. The molecule has 0 fully saturated rings. The Morgan fingerprint density at radius 3 is 2.19 bits per heavy atom. The lowest BCUT2D eigenvalue weighted by atomic mass is 10.1. The Kier molecular flexibility index (Phi) is 6.46. The van der Waals surface area contributed by atoms with Crippen molar-refractivity contribution in [3.63, 3.8) is 0 Å². The summed E-state index contributed by atoms with van der Waals surface area (Å²) in [5, 5.41) is 5.42. The van der Waals surface area contributed by atoms with Crippen LogP contribution < -0.4 is 10.6 Å². The summed E-state index contributed by atoms with van der Waals surface area (Å²) >= 11 is 3.39. The van der Waals surface area contributed by atoms with Gasteiger partial charge in [0.2, 0.25) is 5.91 Å². The van der Waals surface area contributed by atoms with E-state index < -0.39 is 11.8 Å². The highest BCUT2D eigenvalue weighted by Gasteiger charge is 2.09. The van der Waals surface area contributed by atoms with Gasteiger partial charge in [0.25, 0.3) is 5.91 Å². The normalized spacial score (nSPS) is 11.0. The van der Waals surface area contributed by atoms with Crippen LogP contribution in [0.2, 0.25) is 0 Å². The van der Waals surface area contributed by atoms with Crippen LogP contribution in [-0.2, 0) is 9.59 Å². The highest BCUT2D eigenvalue weighted by molar-refractivity contribution is 9.10. The Hall–Kier alpha value is -2.73. The van der Waals surface area contributed by atoms with Crippen LogP contribution in [0.3, 0.4) is 0 Å². The van der Waals surface area contributed by atoms with Crippen LogP contribution in [0.15, 0.2) is 58.6 Å². The van der Waals surface area contributed by atoms with Crippen molar-refractivity contribution in [2.75, 3.05) is 10.6 Å². The molecule has 0 aromatic heterocycles. The van der Waals surface area contributed by atoms with Gasteiger partial charge < -0.3 is 10.6 Å². The zero-order valence-electron chi connectivity index (χ0n) is 14.7. The average molecular weight is 415 g/mol. The number of aryl methyl sites for hydroxylation is 1. The molecule has 0 aliphatic carbocycles. The number of halogens is 1. The van der Waals surface area contributed by atoms with Gasteiger partial charge >= 0.3 is 0 Å². The van der Waals surface area contributed by atoms with E-state index in [1.807, 2.05) is 19.1 Å². The molecule has 0 atom stereocenters. The first-order valence-corrected chi connectivity index (χ1v) is 8.73. The predicted molar refractivity (Wildman–Crippen MR) is 106 cm³/mol. The van der Waals surface area contributed by atoms with Crippen LogP contribution >= 0.6 is 15.9 Å². The third-order valence-electron chi connectivity index (χ3n) is 3.64. The minimum Gasteiger partial charge on any atom is -0.322 e. The van der Waals surface area contributed by atoms with Crippen LogP contribution in [0.4, 0.5) is 11.4 Å². The summed E-state index contributed by atoms with van der Waals surface area (Å²) in [5.41, 5.74) is 3.08. The van der Waals surface area contributed by atoms with Gasteiger partial charge in [0.05, 0.1) is 5.69 Å². The molecule has 2 aromatic carbocycles. The number of hydrogen-bond acceptors (Lipinski definition) is 3.